The molecule has 1 aromatic rings. The number of carbonyl (C=O) groups excluding carboxylic acids is 1. The van der Waals surface area contributed by atoms with Gasteiger partial charge in [0.1, 0.15) is 11.6 Å². The highest BCUT2D eigenvalue weighted by atomic mass is 32.2. The maximum atomic E-state index is 13.3. The van der Waals surface area contributed by atoms with Gasteiger partial charge < -0.3 is 5.11 Å². The number of hydrogen-bond donors (Lipinski definition) is 2. The summed E-state index contributed by atoms with van der Waals surface area (Å²) in [5, 5.41) is 13.7. The SMILES string of the molecule is CC/C(=N\NC(=O)C[C@H]1CCS(=O)(=O)C1)c1cc(F)ccc1O. The van der Waals surface area contributed by atoms with Gasteiger partial charge >= 0.3 is 0 Å². The molecule has 2 rings (SSSR count). The second-order valence-corrected chi connectivity index (χ2v) is 7.81. The van der Waals surface area contributed by atoms with Gasteiger partial charge in [-0.15, -0.1) is 0 Å². The molecule has 6 nitrogen and oxygen atoms in total. The van der Waals surface area contributed by atoms with Crippen LogP contribution in [0.25, 0.3) is 0 Å². The molecule has 8 heteroatoms. The van der Waals surface area contributed by atoms with Crippen molar-refractivity contribution >= 4 is 21.5 Å². The molecule has 1 atom stereocenters. The Morgan fingerprint density at radius 3 is 2.83 bits per heavy atom. The van der Waals surface area contributed by atoms with Crippen LogP contribution in [0.4, 0.5) is 4.39 Å². The normalized spacial score (nSPS) is 20.4. The third kappa shape index (κ3) is 4.75. The minimum Gasteiger partial charge on any atom is -0.507 e. The fourth-order valence-corrected chi connectivity index (χ4v) is 4.40. The van der Waals surface area contributed by atoms with E-state index in [0.717, 1.165) is 12.1 Å². The van der Waals surface area contributed by atoms with Crippen LogP contribution >= 0.6 is 0 Å². The number of rotatable bonds is 5. The summed E-state index contributed by atoms with van der Waals surface area (Å²) in [6, 6.07) is 3.50. The maximum Gasteiger partial charge on any atom is 0.240 e. The maximum absolute atomic E-state index is 13.3. The lowest BCUT2D eigenvalue weighted by atomic mass is 10.1. The van der Waals surface area contributed by atoms with E-state index < -0.39 is 21.6 Å². The van der Waals surface area contributed by atoms with Crippen molar-refractivity contribution in [2.24, 2.45) is 11.0 Å². The number of hydrogen-bond acceptors (Lipinski definition) is 5. The second kappa shape index (κ2) is 7.08. The molecule has 0 unspecified atom stereocenters. The minimum atomic E-state index is -3.02. The molecule has 0 saturated carbocycles. The van der Waals surface area contributed by atoms with Crippen molar-refractivity contribution in [3.05, 3.63) is 29.6 Å². The van der Waals surface area contributed by atoms with Gasteiger partial charge in [-0.25, -0.2) is 18.2 Å². The fraction of sp³-hybridized carbons (Fsp3) is 0.467. The zero-order chi connectivity index (χ0) is 17.0. The average Bonchev–Trinajstić information content (AvgIpc) is 2.82. The molecule has 2 N–H and O–H groups in total. The van der Waals surface area contributed by atoms with Gasteiger partial charge in [0, 0.05) is 12.0 Å². The smallest absolute Gasteiger partial charge is 0.240 e. The van der Waals surface area contributed by atoms with Crippen molar-refractivity contribution in [2.75, 3.05) is 11.5 Å². The van der Waals surface area contributed by atoms with E-state index in [1.54, 1.807) is 6.92 Å². The molecule has 1 aliphatic rings. The second-order valence-electron chi connectivity index (χ2n) is 5.58. The molecule has 0 aliphatic carbocycles. The van der Waals surface area contributed by atoms with E-state index in [0.29, 0.717) is 18.6 Å². The first kappa shape index (κ1) is 17.4. The third-order valence-electron chi connectivity index (χ3n) is 3.72. The standard InChI is InChI=1S/C15H19FN2O4S/c1-2-13(12-8-11(16)3-4-14(12)19)17-18-15(20)7-10-5-6-23(21,22)9-10/h3-4,8,10,19H,2,5-7,9H2,1H3,(H,18,20)/b17-13+/t10-/m1/s1. The molecule has 1 aliphatic heterocycles. The third-order valence-corrected chi connectivity index (χ3v) is 5.56. The predicted octanol–water partition coefficient (Wildman–Crippen LogP) is 1.59. The number of amides is 1. The molecule has 1 amide bonds. The number of phenolic OH excluding ortho intramolecular Hbond substituents is 1. The zero-order valence-corrected chi connectivity index (χ0v) is 13.6. The molecule has 1 aromatic carbocycles. The summed E-state index contributed by atoms with van der Waals surface area (Å²) in [6.45, 7) is 1.76. The van der Waals surface area contributed by atoms with Crippen LogP contribution in [0, 0.1) is 11.7 Å². The van der Waals surface area contributed by atoms with E-state index in [2.05, 4.69) is 10.5 Å². The molecule has 1 saturated heterocycles. The van der Waals surface area contributed by atoms with Crippen molar-refractivity contribution in [3.63, 3.8) is 0 Å². The summed E-state index contributed by atoms with van der Waals surface area (Å²) in [6.07, 6.45) is 0.939. The highest BCUT2D eigenvalue weighted by Gasteiger charge is 2.29. The van der Waals surface area contributed by atoms with E-state index in [1.807, 2.05) is 0 Å². The topological polar surface area (TPSA) is 95.8 Å². The quantitative estimate of drug-likeness (QED) is 0.627. The van der Waals surface area contributed by atoms with Crippen LogP contribution in [0.15, 0.2) is 23.3 Å². The van der Waals surface area contributed by atoms with Crippen LogP contribution in [-0.2, 0) is 14.6 Å². The van der Waals surface area contributed by atoms with E-state index in [1.165, 1.54) is 6.07 Å². The number of halogens is 1. The van der Waals surface area contributed by atoms with Crippen molar-refractivity contribution < 1.29 is 22.7 Å². The van der Waals surface area contributed by atoms with Gasteiger partial charge in [-0.1, -0.05) is 6.92 Å². The Hall–Kier alpha value is -1.96. The zero-order valence-electron chi connectivity index (χ0n) is 12.8. The first-order valence-corrected chi connectivity index (χ1v) is 9.17. The number of phenols is 1. The molecule has 0 radical (unpaired) electrons. The first-order chi connectivity index (χ1) is 10.8. The molecular weight excluding hydrogens is 323 g/mol. The Morgan fingerprint density at radius 2 is 2.22 bits per heavy atom. The van der Waals surface area contributed by atoms with Crippen LogP contribution in [0.2, 0.25) is 0 Å². The number of nitrogens with zero attached hydrogens (tertiary/aromatic N) is 1. The molecular formula is C15H19FN2O4S. The van der Waals surface area contributed by atoms with Crippen molar-refractivity contribution in [1.82, 2.24) is 5.43 Å². The summed E-state index contributed by atoms with van der Waals surface area (Å²) < 4.78 is 36.0. The lowest BCUT2D eigenvalue weighted by Crippen LogP contribution is -2.23. The number of carbonyl (C=O) groups is 1. The molecule has 0 aromatic heterocycles. The van der Waals surface area contributed by atoms with Crippen LogP contribution < -0.4 is 5.43 Å². The Balaban J connectivity index is 2.02. The molecule has 1 fully saturated rings. The number of sulfone groups is 1. The highest BCUT2D eigenvalue weighted by Crippen LogP contribution is 2.22. The number of benzene rings is 1. The van der Waals surface area contributed by atoms with Crippen LogP contribution in [0.1, 0.15) is 31.7 Å². The lowest BCUT2D eigenvalue weighted by Gasteiger charge is -2.09. The summed E-state index contributed by atoms with van der Waals surface area (Å²) in [4.78, 5) is 11.9. The predicted molar refractivity (Wildman–Crippen MR) is 84.4 cm³/mol. The number of nitrogens with one attached hydrogen (secondary N) is 1. The van der Waals surface area contributed by atoms with Crippen molar-refractivity contribution in [3.8, 4) is 5.75 Å². The summed E-state index contributed by atoms with van der Waals surface area (Å²) in [7, 11) is -3.02. The molecule has 23 heavy (non-hydrogen) atoms. The Morgan fingerprint density at radius 1 is 1.48 bits per heavy atom. The Kier molecular flexibility index (Phi) is 5.35. The van der Waals surface area contributed by atoms with E-state index >= 15 is 0 Å². The molecule has 0 spiro atoms. The number of aromatic hydroxyl groups is 1. The summed E-state index contributed by atoms with van der Waals surface area (Å²) in [5.41, 5.74) is 2.91. The van der Waals surface area contributed by atoms with Gasteiger partial charge in [0.05, 0.1) is 17.2 Å². The molecule has 0 bridgehead atoms. The summed E-state index contributed by atoms with van der Waals surface area (Å²) in [5.74, 6) is -1.08. The van der Waals surface area contributed by atoms with Gasteiger partial charge in [0.25, 0.3) is 0 Å². The monoisotopic (exact) mass is 342 g/mol. The van der Waals surface area contributed by atoms with Crippen molar-refractivity contribution in [1.29, 1.82) is 0 Å². The Bertz CT molecular complexity index is 731. The van der Waals surface area contributed by atoms with Crippen LogP contribution in [0.5, 0.6) is 5.75 Å². The first-order valence-electron chi connectivity index (χ1n) is 7.35. The van der Waals surface area contributed by atoms with Gasteiger partial charge in [0.15, 0.2) is 9.84 Å². The van der Waals surface area contributed by atoms with Gasteiger partial charge in [0.2, 0.25) is 5.91 Å². The average molecular weight is 342 g/mol. The fourth-order valence-electron chi connectivity index (χ4n) is 2.54. The minimum absolute atomic E-state index is 0.0233. The van der Waals surface area contributed by atoms with E-state index in [9.17, 15) is 22.7 Å². The van der Waals surface area contributed by atoms with E-state index in [4.69, 9.17) is 0 Å². The molecule has 126 valence electrons. The highest BCUT2D eigenvalue weighted by molar-refractivity contribution is 7.91. The largest absolute Gasteiger partial charge is 0.507 e. The van der Waals surface area contributed by atoms with Gasteiger partial charge in [-0.3, -0.25) is 4.79 Å². The van der Waals surface area contributed by atoms with Crippen molar-refractivity contribution in [2.45, 2.75) is 26.2 Å². The lowest BCUT2D eigenvalue weighted by molar-refractivity contribution is -0.121. The summed E-state index contributed by atoms with van der Waals surface area (Å²) >= 11 is 0. The van der Waals surface area contributed by atoms with Gasteiger partial charge in [-0.05, 0) is 37.0 Å². The Labute approximate surface area is 134 Å². The van der Waals surface area contributed by atoms with Crippen LogP contribution in [-0.4, -0.2) is 36.6 Å². The van der Waals surface area contributed by atoms with Crippen LogP contribution in [0.3, 0.4) is 0 Å². The van der Waals surface area contributed by atoms with E-state index in [-0.39, 0.29) is 35.2 Å². The number of hydrazone groups is 1. The molecule has 1 heterocycles. The van der Waals surface area contributed by atoms with Gasteiger partial charge in [-0.2, -0.15) is 5.10 Å².